The summed E-state index contributed by atoms with van der Waals surface area (Å²) >= 11 is 0. The zero-order chi connectivity index (χ0) is 16.2. The number of benzene rings is 1. The summed E-state index contributed by atoms with van der Waals surface area (Å²) in [6.45, 7) is 9.10. The molecule has 0 aliphatic carbocycles. The molecule has 4 heteroatoms. The van der Waals surface area contributed by atoms with Crippen molar-refractivity contribution in [3.05, 3.63) is 35.4 Å². The van der Waals surface area contributed by atoms with Gasteiger partial charge in [-0.05, 0) is 70.7 Å². The highest BCUT2D eigenvalue weighted by molar-refractivity contribution is 5.87. The van der Waals surface area contributed by atoms with Gasteiger partial charge in [0.05, 0.1) is 5.41 Å². The minimum atomic E-state index is -0.441. The van der Waals surface area contributed by atoms with E-state index in [9.17, 15) is 4.79 Å². The van der Waals surface area contributed by atoms with Gasteiger partial charge in [-0.25, -0.2) is 0 Å². The fraction of sp³-hybridized carbons (Fsp3) is 0.632. The van der Waals surface area contributed by atoms with Gasteiger partial charge in [0, 0.05) is 13.1 Å². The van der Waals surface area contributed by atoms with Crippen molar-refractivity contribution in [1.82, 2.24) is 10.2 Å². The van der Waals surface area contributed by atoms with Crippen molar-refractivity contribution in [3.8, 4) is 0 Å². The van der Waals surface area contributed by atoms with Gasteiger partial charge in [0.2, 0.25) is 5.91 Å². The Morgan fingerprint density at radius 3 is 2.43 bits per heavy atom. The molecule has 0 bridgehead atoms. The first-order valence-corrected chi connectivity index (χ1v) is 8.47. The van der Waals surface area contributed by atoms with E-state index in [0.717, 1.165) is 44.0 Å². The van der Waals surface area contributed by atoms with Crippen molar-refractivity contribution in [1.29, 1.82) is 0 Å². The Labute approximate surface area is 147 Å². The van der Waals surface area contributed by atoms with Crippen LogP contribution in [-0.4, -0.2) is 37.5 Å². The number of nitrogens with zero attached hydrogens (tertiary/aromatic N) is 1. The third-order valence-electron chi connectivity index (χ3n) is 5.06. The van der Waals surface area contributed by atoms with Crippen LogP contribution >= 0.6 is 12.4 Å². The quantitative estimate of drug-likeness (QED) is 0.890. The van der Waals surface area contributed by atoms with E-state index >= 15 is 0 Å². The number of rotatable bonds is 5. The van der Waals surface area contributed by atoms with Crippen molar-refractivity contribution in [2.75, 3.05) is 26.7 Å². The molecule has 1 aromatic rings. The summed E-state index contributed by atoms with van der Waals surface area (Å²) in [6.07, 6.45) is 3.49. The second kappa shape index (κ2) is 8.70. The SMILES string of the molecule is CNCCC1CCN(C(=O)C(C)(C)c2ccccc2C)CC1.Cl. The normalized spacial score (nSPS) is 16.1. The summed E-state index contributed by atoms with van der Waals surface area (Å²) in [5.74, 6) is 1.03. The molecular formula is C19H31ClN2O. The minimum absolute atomic E-state index is 0. The fourth-order valence-electron chi connectivity index (χ4n) is 3.56. The van der Waals surface area contributed by atoms with Crippen LogP contribution in [0.25, 0.3) is 0 Å². The van der Waals surface area contributed by atoms with Crippen LogP contribution in [0.15, 0.2) is 24.3 Å². The molecular weight excluding hydrogens is 308 g/mol. The van der Waals surface area contributed by atoms with Crippen LogP contribution in [0.5, 0.6) is 0 Å². The summed E-state index contributed by atoms with van der Waals surface area (Å²) < 4.78 is 0. The molecule has 23 heavy (non-hydrogen) atoms. The number of halogens is 1. The number of carbonyl (C=O) groups is 1. The number of aryl methyl sites for hydroxylation is 1. The van der Waals surface area contributed by atoms with E-state index < -0.39 is 5.41 Å². The summed E-state index contributed by atoms with van der Waals surface area (Å²) in [5, 5.41) is 3.22. The molecule has 0 spiro atoms. The first-order chi connectivity index (χ1) is 10.5. The van der Waals surface area contributed by atoms with Gasteiger partial charge in [-0.3, -0.25) is 4.79 Å². The monoisotopic (exact) mass is 338 g/mol. The van der Waals surface area contributed by atoms with Crippen LogP contribution in [-0.2, 0) is 10.2 Å². The van der Waals surface area contributed by atoms with Gasteiger partial charge >= 0.3 is 0 Å². The summed E-state index contributed by atoms with van der Waals surface area (Å²) in [7, 11) is 2.00. The number of carbonyl (C=O) groups excluding carboxylic acids is 1. The van der Waals surface area contributed by atoms with E-state index in [0.29, 0.717) is 0 Å². The van der Waals surface area contributed by atoms with Crippen LogP contribution in [0.1, 0.15) is 44.2 Å². The molecule has 1 N–H and O–H groups in total. The van der Waals surface area contributed by atoms with E-state index in [1.165, 1.54) is 12.0 Å². The summed E-state index contributed by atoms with van der Waals surface area (Å²) in [6, 6.07) is 8.25. The van der Waals surface area contributed by atoms with Crippen molar-refractivity contribution >= 4 is 18.3 Å². The summed E-state index contributed by atoms with van der Waals surface area (Å²) in [4.78, 5) is 15.1. The maximum Gasteiger partial charge on any atom is 0.232 e. The smallest absolute Gasteiger partial charge is 0.232 e. The Bertz CT molecular complexity index is 508. The van der Waals surface area contributed by atoms with E-state index in [-0.39, 0.29) is 18.3 Å². The lowest BCUT2D eigenvalue weighted by Crippen LogP contribution is -2.47. The lowest BCUT2D eigenvalue weighted by atomic mass is 9.80. The Balaban J connectivity index is 0.00000264. The number of piperidine rings is 1. The highest BCUT2D eigenvalue weighted by atomic mass is 35.5. The third-order valence-corrected chi connectivity index (χ3v) is 5.06. The Morgan fingerprint density at radius 1 is 1.26 bits per heavy atom. The van der Waals surface area contributed by atoms with E-state index in [2.05, 4.69) is 43.1 Å². The second-order valence-corrected chi connectivity index (χ2v) is 7.07. The lowest BCUT2D eigenvalue weighted by molar-refractivity contribution is -0.137. The highest BCUT2D eigenvalue weighted by Gasteiger charge is 2.36. The molecule has 1 heterocycles. The van der Waals surface area contributed by atoms with E-state index in [1.807, 2.05) is 19.2 Å². The summed E-state index contributed by atoms with van der Waals surface area (Å²) in [5.41, 5.74) is 1.91. The average molecular weight is 339 g/mol. The molecule has 1 aromatic carbocycles. The van der Waals surface area contributed by atoms with Gasteiger partial charge in [-0.15, -0.1) is 12.4 Å². The van der Waals surface area contributed by atoms with E-state index in [4.69, 9.17) is 0 Å². The minimum Gasteiger partial charge on any atom is -0.342 e. The molecule has 0 radical (unpaired) electrons. The molecule has 2 rings (SSSR count). The number of amides is 1. The van der Waals surface area contributed by atoms with E-state index in [1.54, 1.807) is 0 Å². The third kappa shape index (κ3) is 4.71. The van der Waals surface area contributed by atoms with Gasteiger partial charge in [0.15, 0.2) is 0 Å². The maximum absolute atomic E-state index is 13.0. The number of likely N-dealkylation sites (tertiary alicyclic amines) is 1. The van der Waals surface area contributed by atoms with Crippen molar-refractivity contribution in [2.45, 2.75) is 45.4 Å². The van der Waals surface area contributed by atoms with Crippen molar-refractivity contribution < 1.29 is 4.79 Å². The van der Waals surface area contributed by atoms with Crippen molar-refractivity contribution in [3.63, 3.8) is 0 Å². The standard InChI is InChI=1S/C19H30N2O.ClH/c1-15-7-5-6-8-17(15)19(2,3)18(22)21-13-10-16(11-14-21)9-12-20-4;/h5-8,16,20H,9-14H2,1-4H3;1H. The zero-order valence-electron chi connectivity index (χ0n) is 14.9. The fourth-order valence-corrected chi connectivity index (χ4v) is 3.56. The molecule has 1 aliphatic rings. The number of nitrogens with one attached hydrogen (secondary N) is 1. The molecule has 1 aliphatic heterocycles. The van der Waals surface area contributed by atoms with Gasteiger partial charge in [-0.1, -0.05) is 24.3 Å². The second-order valence-electron chi connectivity index (χ2n) is 7.07. The molecule has 3 nitrogen and oxygen atoms in total. The first-order valence-electron chi connectivity index (χ1n) is 8.47. The molecule has 1 amide bonds. The predicted octanol–water partition coefficient (Wildman–Crippen LogP) is 3.54. The van der Waals surface area contributed by atoms with Gasteiger partial charge in [-0.2, -0.15) is 0 Å². The molecule has 0 saturated carbocycles. The molecule has 130 valence electrons. The van der Waals surface area contributed by atoms with Crippen LogP contribution < -0.4 is 5.32 Å². The van der Waals surface area contributed by atoms with Gasteiger partial charge in [0.1, 0.15) is 0 Å². The van der Waals surface area contributed by atoms with Gasteiger partial charge in [0.25, 0.3) is 0 Å². The topological polar surface area (TPSA) is 32.3 Å². The molecule has 0 atom stereocenters. The van der Waals surface area contributed by atoms with Crippen molar-refractivity contribution in [2.24, 2.45) is 5.92 Å². The van der Waals surface area contributed by atoms with Gasteiger partial charge < -0.3 is 10.2 Å². The molecule has 1 saturated heterocycles. The lowest BCUT2D eigenvalue weighted by Gasteiger charge is -2.37. The molecule has 0 aromatic heterocycles. The zero-order valence-corrected chi connectivity index (χ0v) is 15.7. The maximum atomic E-state index is 13.0. The largest absolute Gasteiger partial charge is 0.342 e. The van der Waals surface area contributed by atoms with Crippen LogP contribution in [0.4, 0.5) is 0 Å². The van der Waals surface area contributed by atoms with Crippen LogP contribution in [0.2, 0.25) is 0 Å². The average Bonchev–Trinajstić information content (AvgIpc) is 2.53. The Morgan fingerprint density at radius 2 is 1.87 bits per heavy atom. The number of hydrogen-bond donors (Lipinski definition) is 1. The Kier molecular flexibility index (Phi) is 7.56. The molecule has 0 unspecified atom stereocenters. The highest BCUT2D eigenvalue weighted by Crippen LogP contribution is 2.30. The van der Waals surface area contributed by atoms with Crippen LogP contribution in [0, 0.1) is 12.8 Å². The van der Waals surface area contributed by atoms with Crippen LogP contribution in [0.3, 0.4) is 0 Å². The number of hydrogen-bond acceptors (Lipinski definition) is 2. The first kappa shape index (κ1) is 20.0. The Hall–Kier alpha value is -1.06. The molecule has 1 fully saturated rings. The predicted molar refractivity (Wildman–Crippen MR) is 99.3 cm³/mol.